The van der Waals surface area contributed by atoms with Gasteiger partial charge in [-0.15, -0.1) is 12.4 Å². The fraction of sp³-hybridized carbons (Fsp3) is 0.462. The van der Waals surface area contributed by atoms with E-state index in [0.717, 1.165) is 12.8 Å². The molecule has 17 heavy (non-hydrogen) atoms. The van der Waals surface area contributed by atoms with Gasteiger partial charge in [0, 0.05) is 6.54 Å². The molecule has 0 atom stereocenters. The molecule has 0 amide bonds. The molecule has 0 bridgehead atoms. The Morgan fingerprint density at radius 1 is 1.41 bits per heavy atom. The number of hydrogen-bond acceptors (Lipinski definition) is 3. The second kappa shape index (κ2) is 5.52. The van der Waals surface area contributed by atoms with Crippen molar-refractivity contribution in [2.45, 2.75) is 18.8 Å². The van der Waals surface area contributed by atoms with Gasteiger partial charge in [0.05, 0.1) is 12.5 Å². The van der Waals surface area contributed by atoms with Gasteiger partial charge in [0.2, 0.25) is 0 Å². The minimum atomic E-state index is -0.435. The third-order valence-electron chi connectivity index (χ3n) is 3.55. The van der Waals surface area contributed by atoms with E-state index >= 15 is 0 Å². The zero-order valence-corrected chi connectivity index (χ0v) is 10.7. The van der Waals surface area contributed by atoms with Gasteiger partial charge in [-0.2, -0.15) is 0 Å². The number of hydrogen-bond donors (Lipinski definition) is 1. The van der Waals surface area contributed by atoms with Crippen molar-refractivity contribution >= 4 is 18.4 Å². The number of halogens is 1. The predicted molar refractivity (Wildman–Crippen MR) is 69.2 cm³/mol. The lowest BCUT2D eigenvalue weighted by Crippen LogP contribution is -2.48. The van der Waals surface area contributed by atoms with E-state index in [0.29, 0.717) is 12.5 Å². The molecule has 1 aromatic carbocycles. The number of carbonyl (C=O) groups is 1. The van der Waals surface area contributed by atoms with Gasteiger partial charge in [-0.1, -0.05) is 30.3 Å². The second-order valence-corrected chi connectivity index (χ2v) is 4.49. The fourth-order valence-corrected chi connectivity index (χ4v) is 2.48. The standard InChI is InChI=1S/C13H17NO2.ClH/c1-16-12(15)13(9-14)7-11(8-13)10-5-3-2-4-6-10;/h2-6,11H,7-9,14H2,1H3;1H. The van der Waals surface area contributed by atoms with Crippen LogP contribution in [-0.2, 0) is 9.53 Å². The summed E-state index contributed by atoms with van der Waals surface area (Å²) in [5.41, 5.74) is 6.54. The van der Waals surface area contributed by atoms with E-state index in [2.05, 4.69) is 12.1 Å². The van der Waals surface area contributed by atoms with Crippen LogP contribution in [0.5, 0.6) is 0 Å². The molecule has 1 aliphatic carbocycles. The van der Waals surface area contributed by atoms with Crippen LogP contribution in [0.2, 0.25) is 0 Å². The van der Waals surface area contributed by atoms with Crippen LogP contribution in [0.4, 0.5) is 0 Å². The summed E-state index contributed by atoms with van der Waals surface area (Å²) < 4.78 is 4.81. The maximum absolute atomic E-state index is 11.6. The van der Waals surface area contributed by atoms with Crippen LogP contribution < -0.4 is 5.73 Å². The van der Waals surface area contributed by atoms with Crippen molar-refractivity contribution < 1.29 is 9.53 Å². The normalized spacial score (nSPS) is 26.6. The maximum Gasteiger partial charge on any atom is 0.313 e. The predicted octanol–water partition coefficient (Wildman–Crippen LogP) is 2.10. The molecule has 1 aromatic rings. The van der Waals surface area contributed by atoms with E-state index in [1.54, 1.807) is 0 Å². The first-order valence-electron chi connectivity index (χ1n) is 5.55. The Labute approximate surface area is 108 Å². The number of rotatable bonds is 3. The summed E-state index contributed by atoms with van der Waals surface area (Å²) in [7, 11) is 1.43. The summed E-state index contributed by atoms with van der Waals surface area (Å²) in [6.45, 7) is 0.378. The first-order valence-corrected chi connectivity index (χ1v) is 5.55. The molecular weight excluding hydrogens is 238 g/mol. The van der Waals surface area contributed by atoms with Crippen molar-refractivity contribution in [2.75, 3.05) is 13.7 Å². The first kappa shape index (κ1) is 14.0. The molecule has 0 unspecified atom stereocenters. The molecule has 0 radical (unpaired) electrons. The maximum atomic E-state index is 11.6. The number of nitrogens with two attached hydrogens (primary N) is 1. The lowest BCUT2D eigenvalue weighted by Gasteiger charge is -2.44. The minimum Gasteiger partial charge on any atom is -0.469 e. The SMILES string of the molecule is COC(=O)C1(CN)CC(c2ccccc2)C1.Cl. The number of methoxy groups -OCH3 is 1. The van der Waals surface area contributed by atoms with Crippen LogP contribution in [0.3, 0.4) is 0 Å². The summed E-state index contributed by atoms with van der Waals surface area (Å²) in [4.78, 5) is 11.6. The number of carbonyl (C=O) groups excluding carboxylic acids is 1. The third-order valence-corrected chi connectivity index (χ3v) is 3.55. The van der Waals surface area contributed by atoms with Gasteiger partial charge in [-0.05, 0) is 24.3 Å². The fourth-order valence-electron chi connectivity index (χ4n) is 2.48. The number of ether oxygens (including phenoxy) is 1. The molecule has 1 saturated carbocycles. The topological polar surface area (TPSA) is 52.3 Å². The molecular formula is C13H18ClNO2. The van der Waals surface area contributed by atoms with Gasteiger partial charge < -0.3 is 10.5 Å². The van der Waals surface area contributed by atoms with Crippen molar-refractivity contribution in [1.82, 2.24) is 0 Å². The van der Waals surface area contributed by atoms with E-state index in [4.69, 9.17) is 10.5 Å². The summed E-state index contributed by atoms with van der Waals surface area (Å²) in [6, 6.07) is 10.2. The van der Waals surface area contributed by atoms with Crippen molar-refractivity contribution in [2.24, 2.45) is 11.1 Å². The Morgan fingerprint density at radius 2 is 2.00 bits per heavy atom. The second-order valence-electron chi connectivity index (χ2n) is 4.49. The highest BCUT2D eigenvalue weighted by Gasteiger charge is 2.50. The summed E-state index contributed by atoms with van der Waals surface area (Å²) >= 11 is 0. The minimum absolute atomic E-state index is 0. The molecule has 0 spiro atoms. The molecule has 94 valence electrons. The number of esters is 1. The summed E-state index contributed by atoms with van der Waals surface area (Å²) in [6.07, 6.45) is 1.61. The Bertz CT molecular complexity index is 374. The van der Waals surface area contributed by atoms with Gasteiger partial charge in [0.15, 0.2) is 0 Å². The van der Waals surface area contributed by atoms with Crippen LogP contribution in [0.1, 0.15) is 24.3 Å². The quantitative estimate of drug-likeness (QED) is 0.842. The van der Waals surface area contributed by atoms with Crippen LogP contribution in [-0.4, -0.2) is 19.6 Å². The highest BCUT2D eigenvalue weighted by molar-refractivity contribution is 5.85. The van der Waals surface area contributed by atoms with Gasteiger partial charge >= 0.3 is 5.97 Å². The Balaban J connectivity index is 0.00000144. The summed E-state index contributed by atoms with van der Waals surface area (Å²) in [5.74, 6) is 0.283. The molecule has 0 aliphatic heterocycles. The molecule has 2 rings (SSSR count). The molecule has 4 heteroatoms. The van der Waals surface area contributed by atoms with E-state index in [1.165, 1.54) is 12.7 Å². The van der Waals surface area contributed by atoms with Crippen molar-refractivity contribution in [3.8, 4) is 0 Å². The Hall–Kier alpha value is -1.06. The third kappa shape index (κ3) is 2.45. The van der Waals surface area contributed by atoms with Crippen LogP contribution in [0, 0.1) is 5.41 Å². The molecule has 2 N–H and O–H groups in total. The van der Waals surface area contributed by atoms with Crippen molar-refractivity contribution in [1.29, 1.82) is 0 Å². The molecule has 1 fully saturated rings. The van der Waals surface area contributed by atoms with Gasteiger partial charge in [-0.3, -0.25) is 4.79 Å². The molecule has 0 heterocycles. The molecule has 0 saturated heterocycles. The van der Waals surface area contributed by atoms with Crippen LogP contribution in [0.25, 0.3) is 0 Å². The zero-order chi connectivity index (χ0) is 11.6. The first-order chi connectivity index (χ1) is 7.72. The Morgan fingerprint density at radius 3 is 2.47 bits per heavy atom. The van der Waals surface area contributed by atoms with Crippen LogP contribution in [0.15, 0.2) is 30.3 Å². The zero-order valence-electron chi connectivity index (χ0n) is 9.89. The van der Waals surface area contributed by atoms with E-state index in [1.807, 2.05) is 18.2 Å². The highest BCUT2D eigenvalue weighted by atomic mass is 35.5. The van der Waals surface area contributed by atoms with Crippen molar-refractivity contribution in [3.63, 3.8) is 0 Å². The average molecular weight is 256 g/mol. The van der Waals surface area contributed by atoms with Gasteiger partial charge in [0.1, 0.15) is 0 Å². The smallest absolute Gasteiger partial charge is 0.313 e. The average Bonchev–Trinajstić information content (AvgIpc) is 2.29. The largest absolute Gasteiger partial charge is 0.469 e. The molecule has 3 nitrogen and oxygen atoms in total. The van der Waals surface area contributed by atoms with Gasteiger partial charge in [0.25, 0.3) is 0 Å². The van der Waals surface area contributed by atoms with Gasteiger partial charge in [-0.25, -0.2) is 0 Å². The van der Waals surface area contributed by atoms with E-state index < -0.39 is 5.41 Å². The molecule has 1 aliphatic rings. The van der Waals surface area contributed by atoms with Crippen molar-refractivity contribution in [3.05, 3.63) is 35.9 Å². The summed E-state index contributed by atoms with van der Waals surface area (Å²) in [5, 5.41) is 0. The lowest BCUT2D eigenvalue weighted by molar-refractivity contribution is -0.158. The lowest BCUT2D eigenvalue weighted by atomic mass is 9.60. The molecule has 0 aromatic heterocycles. The van der Waals surface area contributed by atoms with E-state index in [-0.39, 0.29) is 18.4 Å². The van der Waals surface area contributed by atoms with Crippen LogP contribution >= 0.6 is 12.4 Å². The Kier molecular flexibility index (Phi) is 4.54. The number of benzene rings is 1. The van der Waals surface area contributed by atoms with E-state index in [9.17, 15) is 4.79 Å². The monoisotopic (exact) mass is 255 g/mol. The highest BCUT2D eigenvalue weighted by Crippen LogP contribution is 2.51.